The zero-order chi connectivity index (χ0) is 14.5. The molecule has 0 aliphatic rings. The van der Waals surface area contributed by atoms with Crippen LogP contribution in [0.15, 0.2) is 30.6 Å². The average molecular weight is 274 g/mol. The molecule has 0 atom stereocenters. The lowest BCUT2D eigenvalue weighted by atomic mass is 10.2. The van der Waals surface area contributed by atoms with Gasteiger partial charge in [-0.3, -0.25) is 9.48 Å². The number of carbonyl (C=O) groups excluding carboxylic acids is 1. The minimum absolute atomic E-state index is 0.103. The van der Waals surface area contributed by atoms with Gasteiger partial charge in [-0.15, -0.1) is 0 Å². The molecular formula is C14H18N4O2. The van der Waals surface area contributed by atoms with Crippen LogP contribution in [0.2, 0.25) is 0 Å². The van der Waals surface area contributed by atoms with Gasteiger partial charge in [0, 0.05) is 38.0 Å². The van der Waals surface area contributed by atoms with Crippen LogP contribution in [-0.4, -0.2) is 22.8 Å². The number of benzene rings is 1. The van der Waals surface area contributed by atoms with E-state index in [-0.39, 0.29) is 5.91 Å². The predicted molar refractivity (Wildman–Crippen MR) is 77.8 cm³/mol. The lowest BCUT2D eigenvalue weighted by Gasteiger charge is -2.12. The summed E-state index contributed by atoms with van der Waals surface area (Å²) in [4.78, 5) is 11.1. The van der Waals surface area contributed by atoms with Gasteiger partial charge in [-0.25, -0.2) is 0 Å². The normalized spacial score (nSPS) is 10.2. The molecule has 0 spiro atoms. The predicted octanol–water partition coefficient (Wildman–Crippen LogP) is 2.00. The van der Waals surface area contributed by atoms with E-state index >= 15 is 0 Å². The number of anilines is 2. The van der Waals surface area contributed by atoms with E-state index in [0.717, 1.165) is 22.7 Å². The van der Waals surface area contributed by atoms with Crippen molar-refractivity contribution in [1.29, 1.82) is 0 Å². The number of carbonyl (C=O) groups is 1. The topological polar surface area (TPSA) is 68.2 Å². The monoisotopic (exact) mass is 274 g/mol. The number of aromatic nitrogens is 2. The summed E-state index contributed by atoms with van der Waals surface area (Å²) >= 11 is 0. The van der Waals surface area contributed by atoms with Gasteiger partial charge in [-0.05, 0) is 18.2 Å². The fourth-order valence-electron chi connectivity index (χ4n) is 1.89. The number of amides is 1. The highest BCUT2D eigenvalue weighted by atomic mass is 16.5. The van der Waals surface area contributed by atoms with E-state index in [0.29, 0.717) is 6.54 Å². The summed E-state index contributed by atoms with van der Waals surface area (Å²) < 4.78 is 7.05. The lowest BCUT2D eigenvalue weighted by Crippen LogP contribution is -2.07. The molecule has 0 saturated heterocycles. The first-order valence-electron chi connectivity index (χ1n) is 6.25. The molecule has 2 aromatic rings. The van der Waals surface area contributed by atoms with Gasteiger partial charge in [0.15, 0.2) is 0 Å². The Morgan fingerprint density at radius 3 is 2.85 bits per heavy atom. The van der Waals surface area contributed by atoms with Crippen LogP contribution >= 0.6 is 0 Å². The third kappa shape index (κ3) is 3.50. The Morgan fingerprint density at radius 2 is 2.25 bits per heavy atom. The smallest absolute Gasteiger partial charge is 0.221 e. The Labute approximate surface area is 117 Å². The summed E-state index contributed by atoms with van der Waals surface area (Å²) in [5.74, 6) is 0.622. The van der Waals surface area contributed by atoms with Crippen LogP contribution in [0.4, 0.5) is 11.4 Å². The molecule has 6 heteroatoms. The maximum atomic E-state index is 11.1. The van der Waals surface area contributed by atoms with Crippen LogP contribution in [0.25, 0.3) is 0 Å². The first-order chi connectivity index (χ1) is 9.58. The van der Waals surface area contributed by atoms with Crippen LogP contribution in [0.5, 0.6) is 5.75 Å². The van der Waals surface area contributed by atoms with Gasteiger partial charge >= 0.3 is 0 Å². The van der Waals surface area contributed by atoms with Crippen molar-refractivity contribution < 1.29 is 9.53 Å². The van der Waals surface area contributed by atoms with E-state index in [4.69, 9.17) is 4.74 Å². The maximum absolute atomic E-state index is 11.1. The highest BCUT2D eigenvalue weighted by molar-refractivity contribution is 5.89. The standard InChI is InChI=1S/C14H18N4O2/c1-10(19)17-12-4-5-14(20-3)13(6-12)15-7-11-8-16-18(2)9-11/h4-6,8-9,15H,7H2,1-3H3,(H,17,19). The number of methoxy groups -OCH3 is 1. The summed E-state index contributed by atoms with van der Waals surface area (Å²) in [6, 6.07) is 5.46. The van der Waals surface area contributed by atoms with Crippen molar-refractivity contribution in [3.8, 4) is 5.75 Å². The molecule has 0 aliphatic carbocycles. The second kappa shape index (κ2) is 6.10. The molecule has 1 heterocycles. The summed E-state index contributed by atoms with van der Waals surface area (Å²) in [6.07, 6.45) is 3.74. The Balaban J connectivity index is 2.13. The van der Waals surface area contributed by atoms with Crippen LogP contribution in [0.3, 0.4) is 0 Å². The van der Waals surface area contributed by atoms with Crippen LogP contribution < -0.4 is 15.4 Å². The quantitative estimate of drug-likeness (QED) is 0.875. The van der Waals surface area contributed by atoms with E-state index in [9.17, 15) is 4.79 Å². The van der Waals surface area contributed by atoms with Crippen molar-refractivity contribution in [2.45, 2.75) is 13.5 Å². The summed E-state index contributed by atoms with van der Waals surface area (Å²) in [5, 5.41) is 10.1. The molecule has 0 aliphatic heterocycles. The largest absolute Gasteiger partial charge is 0.495 e. The minimum atomic E-state index is -0.103. The Hall–Kier alpha value is -2.50. The molecular weight excluding hydrogens is 256 g/mol. The van der Waals surface area contributed by atoms with Crippen LogP contribution in [0, 0.1) is 0 Å². The first kappa shape index (κ1) is 13.9. The van der Waals surface area contributed by atoms with E-state index < -0.39 is 0 Å². The van der Waals surface area contributed by atoms with Crippen molar-refractivity contribution in [1.82, 2.24) is 9.78 Å². The molecule has 20 heavy (non-hydrogen) atoms. The third-order valence-electron chi connectivity index (χ3n) is 2.76. The molecule has 106 valence electrons. The average Bonchev–Trinajstić information content (AvgIpc) is 2.82. The molecule has 0 radical (unpaired) electrons. The molecule has 1 aromatic heterocycles. The number of hydrogen-bond acceptors (Lipinski definition) is 4. The van der Waals surface area contributed by atoms with E-state index in [1.807, 2.05) is 25.4 Å². The Morgan fingerprint density at radius 1 is 1.45 bits per heavy atom. The Bertz CT molecular complexity index is 607. The van der Waals surface area contributed by atoms with Gasteiger partial charge in [0.25, 0.3) is 0 Å². The van der Waals surface area contributed by atoms with Crippen LogP contribution in [-0.2, 0) is 18.4 Å². The Kier molecular flexibility index (Phi) is 4.24. The van der Waals surface area contributed by atoms with Crippen molar-refractivity contribution in [2.24, 2.45) is 7.05 Å². The van der Waals surface area contributed by atoms with Gasteiger partial charge in [0.1, 0.15) is 5.75 Å². The second-order valence-electron chi connectivity index (χ2n) is 4.47. The summed E-state index contributed by atoms with van der Waals surface area (Å²) in [5.41, 5.74) is 2.62. The third-order valence-corrected chi connectivity index (χ3v) is 2.76. The molecule has 1 amide bonds. The number of ether oxygens (including phenoxy) is 1. The lowest BCUT2D eigenvalue weighted by molar-refractivity contribution is -0.114. The van der Waals surface area contributed by atoms with Gasteiger partial charge in [0.05, 0.1) is 19.0 Å². The molecule has 0 saturated carbocycles. The minimum Gasteiger partial charge on any atom is -0.495 e. The van der Waals surface area contributed by atoms with Gasteiger partial charge in [0.2, 0.25) is 5.91 Å². The fourth-order valence-corrected chi connectivity index (χ4v) is 1.89. The van der Waals surface area contributed by atoms with Crippen molar-refractivity contribution in [2.75, 3.05) is 17.7 Å². The molecule has 2 rings (SSSR count). The highest BCUT2D eigenvalue weighted by Gasteiger charge is 2.06. The molecule has 1 aromatic carbocycles. The van der Waals surface area contributed by atoms with Crippen LogP contribution in [0.1, 0.15) is 12.5 Å². The summed E-state index contributed by atoms with van der Waals surface area (Å²) in [7, 11) is 3.49. The molecule has 2 N–H and O–H groups in total. The van der Waals surface area contributed by atoms with Gasteiger partial charge in [-0.1, -0.05) is 0 Å². The van der Waals surface area contributed by atoms with E-state index in [1.165, 1.54) is 6.92 Å². The van der Waals surface area contributed by atoms with E-state index in [2.05, 4.69) is 15.7 Å². The van der Waals surface area contributed by atoms with Crippen molar-refractivity contribution >= 4 is 17.3 Å². The zero-order valence-corrected chi connectivity index (χ0v) is 11.8. The number of aryl methyl sites for hydroxylation is 1. The molecule has 0 unspecified atom stereocenters. The molecule has 6 nitrogen and oxygen atoms in total. The molecule has 0 bridgehead atoms. The fraction of sp³-hybridized carbons (Fsp3) is 0.286. The first-order valence-corrected chi connectivity index (χ1v) is 6.25. The highest BCUT2D eigenvalue weighted by Crippen LogP contribution is 2.28. The number of hydrogen-bond donors (Lipinski definition) is 2. The number of nitrogens with one attached hydrogen (secondary N) is 2. The van der Waals surface area contributed by atoms with Gasteiger partial charge < -0.3 is 15.4 Å². The zero-order valence-electron chi connectivity index (χ0n) is 11.8. The molecule has 0 fully saturated rings. The second-order valence-corrected chi connectivity index (χ2v) is 4.47. The SMILES string of the molecule is COc1ccc(NC(C)=O)cc1NCc1cnn(C)c1. The number of nitrogens with zero attached hydrogens (tertiary/aromatic N) is 2. The number of rotatable bonds is 5. The van der Waals surface area contributed by atoms with Gasteiger partial charge in [-0.2, -0.15) is 5.10 Å². The maximum Gasteiger partial charge on any atom is 0.221 e. The van der Waals surface area contributed by atoms with E-state index in [1.54, 1.807) is 24.1 Å². The van der Waals surface area contributed by atoms with Crippen molar-refractivity contribution in [3.63, 3.8) is 0 Å². The summed E-state index contributed by atoms with van der Waals surface area (Å²) in [6.45, 7) is 2.11. The van der Waals surface area contributed by atoms with Crippen molar-refractivity contribution in [3.05, 3.63) is 36.2 Å².